The Morgan fingerprint density at radius 2 is 1.78 bits per heavy atom. The lowest BCUT2D eigenvalue weighted by atomic mass is 10.1. The fourth-order valence-electron chi connectivity index (χ4n) is 3.91. The number of likely N-dealkylation sites (tertiary alicyclic amines) is 1. The van der Waals surface area contributed by atoms with Gasteiger partial charge in [-0.15, -0.1) is 0 Å². The second kappa shape index (κ2) is 7.71. The molecule has 0 bridgehead atoms. The Labute approximate surface area is 160 Å². The van der Waals surface area contributed by atoms with Crippen molar-refractivity contribution in [2.45, 2.75) is 64.5 Å². The van der Waals surface area contributed by atoms with Gasteiger partial charge in [0.25, 0.3) is 5.91 Å². The van der Waals surface area contributed by atoms with Crippen LogP contribution < -0.4 is 10.6 Å². The minimum absolute atomic E-state index is 0.0702. The van der Waals surface area contributed by atoms with Crippen LogP contribution in [0.2, 0.25) is 0 Å². The first kappa shape index (κ1) is 19.4. The fraction of sp³-hybridized carbons (Fsp3) is 0.571. The molecule has 1 aromatic carbocycles. The number of anilines is 1. The molecule has 1 saturated carbocycles. The predicted molar refractivity (Wildman–Crippen MR) is 104 cm³/mol. The molecule has 0 unspecified atom stereocenters. The molecular formula is C21H29N3O3. The molecule has 2 aliphatic rings. The number of amides is 3. The Kier molecular flexibility index (Phi) is 5.53. The van der Waals surface area contributed by atoms with Crippen molar-refractivity contribution in [3.63, 3.8) is 0 Å². The lowest BCUT2D eigenvalue weighted by molar-refractivity contribution is -0.129. The third-order valence-electron chi connectivity index (χ3n) is 5.21. The molecule has 2 fully saturated rings. The van der Waals surface area contributed by atoms with Crippen LogP contribution in [0.5, 0.6) is 0 Å². The van der Waals surface area contributed by atoms with Gasteiger partial charge < -0.3 is 15.5 Å². The molecule has 1 saturated heterocycles. The molecule has 0 radical (unpaired) electrons. The highest BCUT2D eigenvalue weighted by molar-refractivity contribution is 6.05. The number of hydrogen-bond acceptors (Lipinski definition) is 3. The Morgan fingerprint density at radius 1 is 1.11 bits per heavy atom. The summed E-state index contributed by atoms with van der Waals surface area (Å²) >= 11 is 0. The summed E-state index contributed by atoms with van der Waals surface area (Å²) in [4.78, 5) is 39.5. The summed E-state index contributed by atoms with van der Waals surface area (Å²) in [5.41, 5.74) is 0.544. The maximum absolute atomic E-state index is 12.8. The quantitative estimate of drug-likeness (QED) is 0.854. The van der Waals surface area contributed by atoms with Gasteiger partial charge in [-0.25, -0.2) is 0 Å². The number of benzene rings is 1. The molecular weight excluding hydrogens is 342 g/mol. The second-order valence-electron chi connectivity index (χ2n) is 8.62. The third-order valence-corrected chi connectivity index (χ3v) is 5.21. The number of rotatable bonds is 4. The van der Waals surface area contributed by atoms with Crippen LogP contribution in [0.4, 0.5) is 5.69 Å². The molecule has 1 aliphatic heterocycles. The number of para-hydroxylation sites is 1. The van der Waals surface area contributed by atoms with E-state index >= 15 is 0 Å². The summed E-state index contributed by atoms with van der Waals surface area (Å²) in [5.74, 6) is -0.717. The summed E-state index contributed by atoms with van der Waals surface area (Å²) in [6.45, 7) is 6.21. The van der Waals surface area contributed by atoms with Crippen molar-refractivity contribution in [1.29, 1.82) is 0 Å². The van der Waals surface area contributed by atoms with Gasteiger partial charge in [-0.2, -0.15) is 0 Å². The zero-order valence-electron chi connectivity index (χ0n) is 16.4. The second-order valence-corrected chi connectivity index (χ2v) is 8.62. The molecule has 2 N–H and O–H groups in total. The predicted octanol–water partition coefficient (Wildman–Crippen LogP) is 2.94. The van der Waals surface area contributed by atoms with Crippen LogP contribution in [-0.2, 0) is 9.59 Å². The summed E-state index contributed by atoms with van der Waals surface area (Å²) in [7, 11) is 0. The zero-order chi connectivity index (χ0) is 19.6. The first-order chi connectivity index (χ1) is 12.7. The van der Waals surface area contributed by atoms with Gasteiger partial charge in [-0.3, -0.25) is 14.4 Å². The molecule has 6 heteroatoms. The van der Waals surface area contributed by atoms with E-state index in [-0.39, 0.29) is 35.6 Å². The zero-order valence-corrected chi connectivity index (χ0v) is 16.4. The molecule has 1 heterocycles. The van der Waals surface area contributed by atoms with Gasteiger partial charge >= 0.3 is 0 Å². The summed E-state index contributed by atoms with van der Waals surface area (Å²) in [6, 6.07) is 7.27. The lowest BCUT2D eigenvalue weighted by Crippen LogP contribution is -2.41. The number of nitrogens with zero attached hydrogens (tertiary/aromatic N) is 1. The number of carbonyl (C=O) groups is 3. The largest absolute Gasteiger partial charge is 0.347 e. The van der Waals surface area contributed by atoms with Gasteiger partial charge in [0.2, 0.25) is 11.8 Å². The minimum Gasteiger partial charge on any atom is -0.347 e. The van der Waals surface area contributed by atoms with E-state index in [9.17, 15) is 14.4 Å². The number of nitrogens with one attached hydrogen (secondary N) is 2. The van der Waals surface area contributed by atoms with E-state index in [1.165, 1.54) is 0 Å². The van der Waals surface area contributed by atoms with Crippen LogP contribution in [0.25, 0.3) is 0 Å². The van der Waals surface area contributed by atoms with Crippen LogP contribution in [-0.4, -0.2) is 40.7 Å². The van der Waals surface area contributed by atoms with Crippen molar-refractivity contribution in [2.75, 3.05) is 11.9 Å². The summed E-state index contributed by atoms with van der Waals surface area (Å²) in [6.07, 6.45) is 4.63. The summed E-state index contributed by atoms with van der Waals surface area (Å²) < 4.78 is 0. The van der Waals surface area contributed by atoms with Crippen LogP contribution in [0.3, 0.4) is 0 Å². The van der Waals surface area contributed by atoms with Crippen LogP contribution in [0.15, 0.2) is 24.3 Å². The summed E-state index contributed by atoms with van der Waals surface area (Å²) in [5, 5.41) is 5.79. The van der Waals surface area contributed by atoms with Crippen LogP contribution >= 0.6 is 0 Å². The van der Waals surface area contributed by atoms with Crippen molar-refractivity contribution in [3.8, 4) is 0 Å². The van der Waals surface area contributed by atoms with Gasteiger partial charge in [-0.1, -0.05) is 25.0 Å². The monoisotopic (exact) mass is 371 g/mol. The average Bonchev–Trinajstić information content (AvgIpc) is 3.23. The van der Waals surface area contributed by atoms with Crippen LogP contribution in [0.1, 0.15) is 63.2 Å². The molecule has 1 atom stereocenters. The first-order valence-electron chi connectivity index (χ1n) is 9.76. The lowest BCUT2D eigenvalue weighted by Gasteiger charge is -2.24. The highest BCUT2D eigenvalue weighted by Crippen LogP contribution is 2.30. The highest BCUT2D eigenvalue weighted by atomic mass is 16.2. The molecule has 1 aliphatic carbocycles. The van der Waals surface area contributed by atoms with Gasteiger partial charge in [-0.05, 0) is 45.7 Å². The van der Waals surface area contributed by atoms with Gasteiger partial charge in [0, 0.05) is 24.5 Å². The van der Waals surface area contributed by atoms with Crippen molar-refractivity contribution >= 4 is 23.4 Å². The van der Waals surface area contributed by atoms with Gasteiger partial charge in [0.15, 0.2) is 0 Å². The average molecular weight is 371 g/mol. The molecule has 3 rings (SSSR count). The molecule has 146 valence electrons. The van der Waals surface area contributed by atoms with Crippen molar-refractivity contribution in [2.24, 2.45) is 5.92 Å². The van der Waals surface area contributed by atoms with Gasteiger partial charge in [0.1, 0.15) is 0 Å². The Hall–Kier alpha value is -2.37. The van der Waals surface area contributed by atoms with E-state index in [2.05, 4.69) is 10.6 Å². The minimum atomic E-state index is -0.367. The van der Waals surface area contributed by atoms with Crippen LogP contribution in [0, 0.1) is 5.92 Å². The molecule has 3 amide bonds. The van der Waals surface area contributed by atoms with Crippen molar-refractivity contribution < 1.29 is 14.4 Å². The molecule has 1 aromatic rings. The Bertz CT molecular complexity index is 732. The first-order valence-corrected chi connectivity index (χ1v) is 9.76. The third kappa shape index (κ3) is 4.67. The number of hydrogen-bond donors (Lipinski definition) is 2. The standard InChI is InChI=1S/C21H29N3O3/c1-21(2,3)23-20(27)16-10-6-7-11-17(16)22-19(26)14-12-18(25)24(13-14)15-8-4-5-9-15/h6-7,10-11,14-15H,4-5,8-9,12-13H2,1-3H3,(H,22,26)(H,23,27)/t14-/m1/s1. The van der Waals surface area contributed by atoms with Gasteiger partial charge in [0.05, 0.1) is 17.2 Å². The number of carbonyl (C=O) groups excluding carboxylic acids is 3. The maximum Gasteiger partial charge on any atom is 0.253 e. The van der Waals surface area contributed by atoms with Crippen molar-refractivity contribution in [1.82, 2.24) is 10.2 Å². The van der Waals surface area contributed by atoms with E-state index in [1.807, 2.05) is 25.7 Å². The van der Waals surface area contributed by atoms with Crippen molar-refractivity contribution in [3.05, 3.63) is 29.8 Å². The Balaban J connectivity index is 1.68. The Morgan fingerprint density at radius 3 is 2.44 bits per heavy atom. The van der Waals surface area contributed by atoms with E-state index in [0.29, 0.717) is 23.8 Å². The molecule has 6 nitrogen and oxygen atoms in total. The molecule has 0 aromatic heterocycles. The molecule has 0 spiro atoms. The molecule has 27 heavy (non-hydrogen) atoms. The SMILES string of the molecule is CC(C)(C)NC(=O)c1ccccc1NC(=O)[C@@H]1CC(=O)N(C2CCCC2)C1. The van der Waals surface area contributed by atoms with E-state index in [1.54, 1.807) is 24.3 Å². The topological polar surface area (TPSA) is 78.5 Å². The maximum atomic E-state index is 12.8. The van der Waals surface area contributed by atoms with E-state index < -0.39 is 0 Å². The highest BCUT2D eigenvalue weighted by Gasteiger charge is 2.38. The fourth-order valence-corrected chi connectivity index (χ4v) is 3.91. The van der Waals surface area contributed by atoms with E-state index in [0.717, 1.165) is 25.7 Å². The van der Waals surface area contributed by atoms with E-state index in [4.69, 9.17) is 0 Å². The normalized spacial score (nSPS) is 20.8. The smallest absolute Gasteiger partial charge is 0.253 e.